The molecule has 0 spiro atoms. The van der Waals surface area contributed by atoms with Crippen molar-refractivity contribution in [2.45, 2.75) is 25.8 Å². The predicted molar refractivity (Wildman–Crippen MR) is 68.2 cm³/mol. The van der Waals surface area contributed by atoms with Crippen LogP contribution in [0.5, 0.6) is 0 Å². The lowest BCUT2D eigenvalue weighted by Crippen LogP contribution is -2.58. The maximum Gasteiger partial charge on any atom is 0.222 e. The van der Waals surface area contributed by atoms with Crippen molar-refractivity contribution >= 4 is 11.6 Å². The van der Waals surface area contributed by atoms with Gasteiger partial charge in [-0.1, -0.05) is 25.1 Å². The number of hydrogen-bond donors (Lipinski definition) is 0. The number of amides is 1. The number of benzene rings is 1. The van der Waals surface area contributed by atoms with Crippen molar-refractivity contribution in [3.05, 3.63) is 29.8 Å². The largest absolute Gasteiger partial charge is 0.367 e. The molecule has 1 saturated heterocycles. The first-order valence-corrected chi connectivity index (χ1v) is 6.42. The van der Waals surface area contributed by atoms with Gasteiger partial charge in [0.2, 0.25) is 5.91 Å². The Morgan fingerprint density at radius 3 is 3.00 bits per heavy atom. The summed E-state index contributed by atoms with van der Waals surface area (Å²) in [5, 5.41) is 0. The second kappa shape index (κ2) is 4.06. The van der Waals surface area contributed by atoms with E-state index >= 15 is 0 Å². The quantitative estimate of drug-likeness (QED) is 0.732. The van der Waals surface area contributed by atoms with E-state index in [1.165, 1.54) is 11.3 Å². The molecule has 17 heavy (non-hydrogen) atoms. The molecule has 1 unspecified atom stereocenters. The van der Waals surface area contributed by atoms with E-state index in [-0.39, 0.29) is 0 Å². The highest BCUT2D eigenvalue weighted by Gasteiger charge is 2.34. The third kappa shape index (κ3) is 1.70. The van der Waals surface area contributed by atoms with Gasteiger partial charge in [0.1, 0.15) is 0 Å². The van der Waals surface area contributed by atoms with Crippen molar-refractivity contribution in [2.24, 2.45) is 0 Å². The fraction of sp³-hybridized carbons (Fsp3) is 0.500. The van der Waals surface area contributed by atoms with Crippen molar-refractivity contribution in [1.29, 1.82) is 0 Å². The molecule has 0 aromatic heterocycles. The number of rotatable bonds is 1. The van der Waals surface area contributed by atoms with Gasteiger partial charge in [-0.05, 0) is 18.1 Å². The standard InChI is InChI=1S/C14H18N2O/c1-2-14(17)16-8-7-15-10-12(16)9-11-5-3-4-6-13(11)15/h3-6,12H,2,7-10H2,1H3. The Balaban J connectivity index is 1.90. The normalized spacial score (nSPS) is 22.3. The summed E-state index contributed by atoms with van der Waals surface area (Å²) in [5.74, 6) is 0.300. The number of hydrogen-bond acceptors (Lipinski definition) is 2. The van der Waals surface area contributed by atoms with Crippen LogP contribution in [0.2, 0.25) is 0 Å². The second-order valence-corrected chi connectivity index (χ2v) is 4.87. The Morgan fingerprint density at radius 2 is 2.18 bits per heavy atom. The van der Waals surface area contributed by atoms with Crippen molar-refractivity contribution in [3.63, 3.8) is 0 Å². The lowest BCUT2D eigenvalue weighted by molar-refractivity contribution is -0.133. The average molecular weight is 230 g/mol. The number of para-hydroxylation sites is 1. The molecular weight excluding hydrogens is 212 g/mol. The van der Waals surface area contributed by atoms with Crippen LogP contribution < -0.4 is 4.90 Å². The van der Waals surface area contributed by atoms with Gasteiger partial charge in [0.25, 0.3) is 0 Å². The van der Waals surface area contributed by atoms with Crippen LogP contribution in [0.15, 0.2) is 24.3 Å². The van der Waals surface area contributed by atoms with E-state index in [1.54, 1.807) is 0 Å². The molecule has 90 valence electrons. The van der Waals surface area contributed by atoms with Gasteiger partial charge >= 0.3 is 0 Å². The number of carbonyl (C=O) groups excluding carboxylic acids is 1. The van der Waals surface area contributed by atoms with Gasteiger partial charge in [0.15, 0.2) is 0 Å². The van der Waals surface area contributed by atoms with Gasteiger partial charge in [-0.25, -0.2) is 0 Å². The Labute approximate surface area is 102 Å². The molecular formula is C14H18N2O. The van der Waals surface area contributed by atoms with Gasteiger partial charge in [-0.3, -0.25) is 4.79 Å². The molecule has 0 aliphatic carbocycles. The second-order valence-electron chi connectivity index (χ2n) is 4.87. The van der Waals surface area contributed by atoms with Crippen molar-refractivity contribution < 1.29 is 4.79 Å². The van der Waals surface area contributed by atoms with E-state index in [2.05, 4.69) is 34.1 Å². The number of nitrogens with zero attached hydrogens (tertiary/aromatic N) is 2. The lowest BCUT2D eigenvalue weighted by atomic mass is 9.94. The van der Waals surface area contributed by atoms with E-state index < -0.39 is 0 Å². The number of carbonyl (C=O) groups is 1. The van der Waals surface area contributed by atoms with Crippen molar-refractivity contribution in [2.75, 3.05) is 24.5 Å². The molecule has 1 aromatic rings. The zero-order chi connectivity index (χ0) is 11.8. The number of piperazine rings is 1. The summed E-state index contributed by atoms with van der Waals surface area (Å²) in [6.07, 6.45) is 1.64. The monoisotopic (exact) mass is 230 g/mol. The van der Waals surface area contributed by atoms with E-state index in [0.717, 1.165) is 26.1 Å². The van der Waals surface area contributed by atoms with Crippen LogP contribution in [0.3, 0.4) is 0 Å². The predicted octanol–water partition coefficient (Wildman–Crippen LogP) is 1.67. The van der Waals surface area contributed by atoms with Crippen LogP contribution in [0.1, 0.15) is 18.9 Å². The summed E-state index contributed by atoms with van der Waals surface area (Å²) >= 11 is 0. The molecule has 1 atom stereocenters. The van der Waals surface area contributed by atoms with E-state index in [4.69, 9.17) is 0 Å². The SMILES string of the molecule is CCC(=O)N1CCN2CC1Cc1ccccc12. The van der Waals surface area contributed by atoms with E-state index in [0.29, 0.717) is 18.4 Å². The van der Waals surface area contributed by atoms with Gasteiger partial charge in [-0.2, -0.15) is 0 Å². The first-order valence-electron chi connectivity index (χ1n) is 6.42. The fourth-order valence-electron chi connectivity index (χ4n) is 3.03. The molecule has 1 amide bonds. The highest BCUT2D eigenvalue weighted by Crippen LogP contribution is 2.31. The minimum absolute atomic E-state index is 0.300. The molecule has 3 heteroatoms. The third-order valence-electron chi connectivity index (χ3n) is 3.89. The molecule has 2 aliphatic rings. The summed E-state index contributed by atoms with van der Waals surface area (Å²) in [5.41, 5.74) is 2.75. The van der Waals surface area contributed by atoms with Crippen LogP contribution in [0.4, 0.5) is 5.69 Å². The summed E-state index contributed by atoms with van der Waals surface area (Å²) in [6, 6.07) is 8.96. The van der Waals surface area contributed by atoms with Gasteiger partial charge in [0.05, 0.1) is 6.04 Å². The highest BCUT2D eigenvalue weighted by molar-refractivity contribution is 5.77. The first kappa shape index (κ1) is 10.6. The third-order valence-corrected chi connectivity index (χ3v) is 3.89. The van der Waals surface area contributed by atoms with Gasteiger partial charge in [-0.15, -0.1) is 0 Å². The topological polar surface area (TPSA) is 23.6 Å². The molecule has 2 heterocycles. The van der Waals surface area contributed by atoms with Crippen LogP contribution in [0.25, 0.3) is 0 Å². The van der Waals surface area contributed by atoms with Crippen LogP contribution in [-0.2, 0) is 11.2 Å². The molecule has 2 bridgehead atoms. The molecule has 0 N–H and O–H groups in total. The Hall–Kier alpha value is -1.51. The smallest absolute Gasteiger partial charge is 0.222 e. The maximum absolute atomic E-state index is 11.9. The summed E-state index contributed by atoms with van der Waals surface area (Å²) in [7, 11) is 0. The van der Waals surface area contributed by atoms with Gasteiger partial charge < -0.3 is 9.80 Å². The average Bonchev–Trinajstić information content (AvgIpc) is 2.38. The molecule has 3 rings (SSSR count). The minimum atomic E-state index is 0.300. The summed E-state index contributed by atoms with van der Waals surface area (Å²) in [4.78, 5) is 16.4. The Bertz CT molecular complexity index is 444. The molecule has 0 radical (unpaired) electrons. The van der Waals surface area contributed by atoms with Crippen LogP contribution >= 0.6 is 0 Å². The molecule has 3 nitrogen and oxygen atoms in total. The van der Waals surface area contributed by atoms with Gasteiger partial charge in [0, 0.05) is 31.7 Å². The number of fused-ring (bicyclic) bond motifs is 4. The maximum atomic E-state index is 11.9. The fourth-order valence-corrected chi connectivity index (χ4v) is 3.03. The Kier molecular flexibility index (Phi) is 2.54. The summed E-state index contributed by atoms with van der Waals surface area (Å²) < 4.78 is 0. The van der Waals surface area contributed by atoms with Crippen LogP contribution in [-0.4, -0.2) is 36.5 Å². The first-order chi connectivity index (χ1) is 8.29. The zero-order valence-electron chi connectivity index (χ0n) is 10.2. The molecule has 1 fully saturated rings. The Morgan fingerprint density at radius 1 is 1.35 bits per heavy atom. The lowest BCUT2D eigenvalue weighted by Gasteiger charge is -2.46. The van der Waals surface area contributed by atoms with E-state index in [9.17, 15) is 4.79 Å². The van der Waals surface area contributed by atoms with E-state index in [1.807, 2.05) is 6.92 Å². The summed E-state index contributed by atoms with van der Waals surface area (Å²) in [6.45, 7) is 4.80. The number of anilines is 1. The molecule has 0 saturated carbocycles. The van der Waals surface area contributed by atoms with Crippen LogP contribution in [0, 0.1) is 0 Å². The minimum Gasteiger partial charge on any atom is -0.367 e. The zero-order valence-corrected chi connectivity index (χ0v) is 10.2. The van der Waals surface area contributed by atoms with Crippen molar-refractivity contribution in [3.8, 4) is 0 Å². The van der Waals surface area contributed by atoms with Crippen molar-refractivity contribution in [1.82, 2.24) is 4.90 Å². The molecule has 1 aromatic carbocycles. The highest BCUT2D eigenvalue weighted by atomic mass is 16.2. The molecule has 2 aliphatic heterocycles.